The van der Waals surface area contributed by atoms with Crippen LogP contribution in [0.3, 0.4) is 0 Å². The lowest BCUT2D eigenvalue weighted by molar-refractivity contribution is -0.393. The van der Waals surface area contributed by atoms with E-state index in [2.05, 4.69) is 16.4 Å². The summed E-state index contributed by atoms with van der Waals surface area (Å²) in [6.07, 6.45) is 6.54. The van der Waals surface area contributed by atoms with Crippen molar-refractivity contribution in [2.45, 2.75) is 0 Å². The number of benzene rings is 2. The minimum Gasteiger partial charge on any atom is -0.497 e. The lowest BCUT2D eigenvalue weighted by Crippen LogP contribution is -2.01. The number of rotatable bonds is 8. The molecule has 0 aliphatic carbocycles. The molecule has 138 valence electrons. The number of methoxy groups -OCH3 is 1. The summed E-state index contributed by atoms with van der Waals surface area (Å²) in [5, 5.41) is 25.8. The maximum atomic E-state index is 11.1. The highest BCUT2D eigenvalue weighted by Gasteiger charge is 2.19. The standard InChI is InChI=1S/C17H14N4O6/c1-3-8-27-17-7-5-14(26-2)9-12(17)11-18-19-15-6-4-13(20(22)23)10-16(15)21(24)25/h1,4-7,9-11,19H,8H2,2H3/b18-11-. The Hall–Kier alpha value is -4.13. The SMILES string of the molecule is C#CCOc1ccc(OC)cc1/C=N\Nc1ccc([N+](=O)[O-])cc1[N+](=O)[O-]. The maximum Gasteiger partial charge on any atom is 0.301 e. The van der Waals surface area contributed by atoms with Crippen molar-refractivity contribution >= 4 is 23.3 Å². The Balaban J connectivity index is 2.28. The predicted octanol–water partition coefficient (Wildman–Crippen LogP) is 2.97. The van der Waals surface area contributed by atoms with Gasteiger partial charge in [0.2, 0.25) is 0 Å². The van der Waals surface area contributed by atoms with Crippen LogP contribution in [0.15, 0.2) is 41.5 Å². The third kappa shape index (κ3) is 4.93. The molecule has 2 aromatic rings. The molecule has 10 heteroatoms. The zero-order chi connectivity index (χ0) is 19.8. The molecule has 10 nitrogen and oxygen atoms in total. The Labute approximate surface area is 153 Å². The van der Waals surface area contributed by atoms with Crippen LogP contribution in [0.25, 0.3) is 0 Å². The second-order valence-electron chi connectivity index (χ2n) is 4.98. The van der Waals surface area contributed by atoms with Crippen molar-refractivity contribution < 1.29 is 19.3 Å². The first-order chi connectivity index (χ1) is 13.0. The van der Waals surface area contributed by atoms with Crippen LogP contribution in [0.5, 0.6) is 11.5 Å². The van der Waals surface area contributed by atoms with E-state index in [0.717, 1.165) is 12.1 Å². The number of nitrogens with one attached hydrogen (secondary N) is 1. The van der Waals surface area contributed by atoms with Crippen molar-refractivity contribution in [2.24, 2.45) is 5.10 Å². The summed E-state index contributed by atoms with van der Waals surface area (Å²) in [6, 6.07) is 8.16. The molecule has 0 radical (unpaired) electrons. The fraction of sp³-hybridized carbons (Fsp3) is 0.118. The van der Waals surface area contributed by atoms with E-state index < -0.39 is 21.2 Å². The minimum atomic E-state index is -0.738. The Morgan fingerprint density at radius 3 is 2.63 bits per heavy atom. The van der Waals surface area contributed by atoms with Gasteiger partial charge >= 0.3 is 5.69 Å². The largest absolute Gasteiger partial charge is 0.497 e. The van der Waals surface area contributed by atoms with Crippen LogP contribution in [0.4, 0.5) is 17.1 Å². The van der Waals surface area contributed by atoms with Crippen LogP contribution >= 0.6 is 0 Å². The number of non-ortho nitro benzene ring substituents is 1. The average molecular weight is 370 g/mol. The summed E-state index contributed by atoms with van der Waals surface area (Å²) < 4.78 is 10.5. The van der Waals surface area contributed by atoms with E-state index in [-0.39, 0.29) is 12.3 Å². The van der Waals surface area contributed by atoms with Crippen molar-refractivity contribution in [1.82, 2.24) is 0 Å². The first-order valence-electron chi connectivity index (χ1n) is 7.42. The molecule has 0 atom stereocenters. The first kappa shape index (κ1) is 19.2. The first-order valence-corrected chi connectivity index (χ1v) is 7.42. The Kier molecular flexibility index (Phi) is 6.27. The van der Waals surface area contributed by atoms with E-state index in [9.17, 15) is 20.2 Å². The number of nitrogens with zero attached hydrogens (tertiary/aromatic N) is 3. The number of hydrogen-bond acceptors (Lipinski definition) is 8. The summed E-state index contributed by atoms with van der Waals surface area (Å²) in [5.41, 5.74) is 2.14. The summed E-state index contributed by atoms with van der Waals surface area (Å²) in [5.74, 6) is 3.33. The van der Waals surface area contributed by atoms with E-state index in [4.69, 9.17) is 15.9 Å². The van der Waals surface area contributed by atoms with Gasteiger partial charge in [-0.1, -0.05) is 5.92 Å². The summed E-state index contributed by atoms with van der Waals surface area (Å²) in [6.45, 7) is 0.0500. The zero-order valence-electron chi connectivity index (χ0n) is 14.1. The van der Waals surface area contributed by atoms with Gasteiger partial charge in [0.15, 0.2) is 0 Å². The Bertz CT molecular complexity index is 936. The average Bonchev–Trinajstić information content (AvgIpc) is 2.66. The fourth-order valence-corrected chi connectivity index (χ4v) is 2.06. The van der Waals surface area contributed by atoms with E-state index in [0.29, 0.717) is 17.1 Å². The Morgan fingerprint density at radius 1 is 1.22 bits per heavy atom. The van der Waals surface area contributed by atoms with Gasteiger partial charge in [0.25, 0.3) is 5.69 Å². The summed E-state index contributed by atoms with van der Waals surface area (Å²) >= 11 is 0. The number of hydrogen-bond donors (Lipinski definition) is 1. The summed E-state index contributed by atoms with van der Waals surface area (Å²) in [4.78, 5) is 20.4. The second kappa shape index (κ2) is 8.82. The number of hydrazone groups is 1. The maximum absolute atomic E-state index is 11.1. The van der Waals surface area contributed by atoms with Crippen LogP contribution in [-0.4, -0.2) is 29.8 Å². The molecular formula is C17H14N4O6. The molecule has 0 saturated carbocycles. The molecule has 0 bridgehead atoms. The van der Waals surface area contributed by atoms with Gasteiger partial charge in [-0.05, 0) is 24.3 Å². The van der Waals surface area contributed by atoms with Crippen LogP contribution in [0.2, 0.25) is 0 Å². The zero-order valence-corrected chi connectivity index (χ0v) is 14.1. The quantitative estimate of drug-likeness (QED) is 0.327. The van der Waals surface area contributed by atoms with Crippen molar-refractivity contribution in [2.75, 3.05) is 19.1 Å². The van der Waals surface area contributed by atoms with Gasteiger partial charge in [-0.15, -0.1) is 6.42 Å². The van der Waals surface area contributed by atoms with Crippen molar-refractivity contribution in [1.29, 1.82) is 0 Å². The molecule has 2 aromatic carbocycles. The van der Waals surface area contributed by atoms with Crippen molar-refractivity contribution in [3.63, 3.8) is 0 Å². The molecule has 1 N–H and O–H groups in total. The molecule has 0 heterocycles. The van der Waals surface area contributed by atoms with E-state index in [1.807, 2.05) is 0 Å². The highest BCUT2D eigenvalue weighted by atomic mass is 16.6. The van der Waals surface area contributed by atoms with Crippen LogP contribution in [0, 0.1) is 32.6 Å². The van der Waals surface area contributed by atoms with Gasteiger partial charge < -0.3 is 9.47 Å². The van der Waals surface area contributed by atoms with Crippen LogP contribution in [-0.2, 0) is 0 Å². The summed E-state index contributed by atoms with van der Waals surface area (Å²) in [7, 11) is 1.50. The molecule has 0 saturated heterocycles. The molecule has 0 fully saturated rings. The molecule has 2 rings (SSSR count). The van der Waals surface area contributed by atoms with Crippen molar-refractivity contribution in [3.05, 3.63) is 62.2 Å². The highest BCUT2D eigenvalue weighted by molar-refractivity contribution is 5.85. The third-order valence-electron chi connectivity index (χ3n) is 3.31. The molecule has 0 aromatic heterocycles. The number of ether oxygens (including phenoxy) is 2. The van der Waals surface area contributed by atoms with E-state index in [1.54, 1.807) is 18.2 Å². The fourth-order valence-electron chi connectivity index (χ4n) is 2.06. The van der Waals surface area contributed by atoms with Gasteiger partial charge in [0.1, 0.15) is 23.8 Å². The van der Waals surface area contributed by atoms with Gasteiger partial charge in [-0.2, -0.15) is 5.10 Å². The number of anilines is 1. The van der Waals surface area contributed by atoms with Gasteiger partial charge in [0.05, 0.1) is 29.2 Å². The number of terminal acetylenes is 1. The number of nitro benzene ring substituents is 2. The number of nitro groups is 2. The van der Waals surface area contributed by atoms with Gasteiger partial charge in [-0.25, -0.2) is 0 Å². The predicted molar refractivity (Wildman–Crippen MR) is 98.3 cm³/mol. The molecular weight excluding hydrogens is 356 g/mol. The third-order valence-corrected chi connectivity index (χ3v) is 3.31. The molecule has 0 aliphatic heterocycles. The van der Waals surface area contributed by atoms with Gasteiger partial charge in [-0.3, -0.25) is 25.7 Å². The lowest BCUT2D eigenvalue weighted by Gasteiger charge is -2.08. The monoisotopic (exact) mass is 370 g/mol. The molecule has 0 amide bonds. The normalized spacial score (nSPS) is 10.2. The van der Waals surface area contributed by atoms with Crippen LogP contribution in [0.1, 0.15) is 5.56 Å². The smallest absolute Gasteiger partial charge is 0.301 e. The Morgan fingerprint density at radius 2 is 2.00 bits per heavy atom. The van der Waals surface area contributed by atoms with Gasteiger partial charge in [0, 0.05) is 11.6 Å². The highest BCUT2D eigenvalue weighted by Crippen LogP contribution is 2.29. The van der Waals surface area contributed by atoms with Crippen LogP contribution < -0.4 is 14.9 Å². The minimum absolute atomic E-state index is 0.00385. The second-order valence-corrected chi connectivity index (χ2v) is 4.98. The van der Waals surface area contributed by atoms with Crippen molar-refractivity contribution in [3.8, 4) is 23.8 Å². The molecule has 0 spiro atoms. The molecule has 0 aliphatic rings. The lowest BCUT2D eigenvalue weighted by atomic mass is 10.2. The van der Waals surface area contributed by atoms with E-state index in [1.165, 1.54) is 19.4 Å². The topological polar surface area (TPSA) is 129 Å². The molecule has 0 unspecified atom stereocenters. The van der Waals surface area contributed by atoms with E-state index >= 15 is 0 Å². The molecule has 27 heavy (non-hydrogen) atoms.